The third kappa shape index (κ3) is 29.8. The summed E-state index contributed by atoms with van der Waals surface area (Å²) in [6.07, 6.45) is -3.06. The van der Waals surface area contributed by atoms with E-state index in [0.717, 1.165) is 25.7 Å². The smallest absolute Gasteiger partial charge is 0.456 e. The summed E-state index contributed by atoms with van der Waals surface area (Å²) < 4.78 is 64.5. The highest BCUT2D eigenvalue weighted by Crippen LogP contribution is 2.51. The Balaban J connectivity index is -0.000000236. The van der Waals surface area contributed by atoms with Crippen LogP contribution in [-0.2, 0) is 50.9 Å². The average Bonchev–Trinajstić information content (AvgIpc) is 3.20. The van der Waals surface area contributed by atoms with Crippen LogP contribution in [0.25, 0.3) is 0 Å². The number of hydrogen-bond acceptors (Lipinski definition) is 14. The number of aliphatic hydroxyl groups is 3. The van der Waals surface area contributed by atoms with Gasteiger partial charge in [-0.15, -0.1) is 0 Å². The topological polar surface area (TPSA) is 303 Å². The van der Waals surface area contributed by atoms with Crippen molar-refractivity contribution in [3.8, 4) is 82.9 Å². The summed E-state index contributed by atoms with van der Waals surface area (Å²) in [4.78, 5) is 72.4. The van der Waals surface area contributed by atoms with Crippen LogP contribution >= 0.6 is 37.0 Å². The van der Waals surface area contributed by atoms with E-state index in [1.807, 2.05) is 5.92 Å². The second-order valence-corrected chi connectivity index (χ2v) is 17.3. The minimum absolute atomic E-state index is 0. The van der Waals surface area contributed by atoms with E-state index in [1.54, 1.807) is 6.92 Å². The van der Waals surface area contributed by atoms with Crippen molar-refractivity contribution in [2.24, 2.45) is 0 Å². The molecule has 0 aliphatic heterocycles. The fourth-order valence-corrected chi connectivity index (χ4v) is 7.62. The Labute approximate surface area is 400 Å². The minimum atomic E-state index is -5.63. The maximum atomic E-state index is 13.0. The lowest BCUT2D eigenvalue weighted by molar-refractivity contribution is -0.213. The van der Waals surface area contributed by atoms with E-state index in [1.165, 1.54) is 44.9 Å². The molecule has 0 heterocycles. The number of esters is 2. The minimum Gasteiger partial charge on any atom is -0.456 e. The fraction of sp³-hybridized carbons (Fsp3) is 0.610. The first-order chi connectivity index (χ1) is 29.8. The van der Waals surface area contributed by atoms with Crippen molar-refractivity contribution >= 4 is 48.9 Å². The number of hydrogen-bond donors (Lipinski definition) is 8. The molecule has 1 rings (SSSR count). The molecule has 8 N–H and O–H groups in total. The molecule has 0 radical (unpaired) electrons. The van der Waals surface area contributed by atoms with Crippen LogP contribution in [0.5, 0.6) is 0 Å². The van der Waals surface area contributed by atoms with Gasteiger partial charge in [-0.05, 0) is 84.4 Å². The number of aliphatic hydroxyl groups excluding tert-OH is 3. The second-order valence-electron chi connectivity index (χ2n) is 13.5. The van der Waals surface area contributed by atoms with E-state index in [4.69, 9.17) is 18.5 Å². The standard InChI is InChI=1S/C41H53O19P3.H2S.13H2/c1-3-5-7-9-11-13-15-17-19-21-23-25-27-29-34(42)55-31-33(57-35(43)30-28-26-24-22-20-18-16-14-12-10-8-6-4-2)32-56-63(53,54)60-39-36(44)37(45)40(58-61(47,48)49)41(38(39)46)59-62(50,51)52;;;;;;;;;;;;;;/h33,36-41,44-46H,4,6,8,10,12,14,16,18,20,22,24,26,28,30-32H2,1-2H3,(H,53,54)(H2,47,48,49)(H2,50,51,52);1H2;13*1H/t33-,36?,37+,38-,39?,40+,41?;;;;;;;;;;;;;;/m1............../s1. The number of phosphoric acid groups is 3. The highest BCUT2D eigenvalue weighted by molar-refractivity contribution is 7.59. The summed E-state index contributed by atoms with van der Waals surface area (Å²) >= 11 is 0. The summed E-state index contributed by atoms with van der Waals surface area (Å²) in [5.74, 6) is 31.2. The van der Waals surface area contributed by atoms with Gasteiger partial charge in [0.15, 0.2) is 6.10 Å². The molecule has 1 saturated carbocycles. The van der Waals surface area contributed by atoms with Crippen LogP contribution in [0.2, 0.25) is 0 Å². The van der Waals surface area contributed by atoms with Crippen LogP contribution in [-0.4, -0.2) is 108 Å². The molecule has 0 aromatic carbocycles. The molecule has 19 nitrogen and oxygen atoms in total. The molecule has 0 aromatic rings. The van der Waals surface area contributed by atoms with Gasteiger partial charge in [0.2, 0.25) is 0 Å². The Morgan fingerprint density at radius 2 is 0.969 bits per heavy atom. The number of rotatable bonds is 26. The largest absolute Gasteiger partial charge is 0.472 e. The number of unbranched alkanes of at least 4 members (excludes halogenated alkanes) is 12. The first-order valence-corrected chi connectivity index (χ1v) is 24.3. The maximum absolute atomic E-state index is 13.0. The van der Waals surface area contributed by atoms with E-state index in [-0.39, 0.29) is 38.5 Å². The van der Waals surface area contributed by atoms with Gasteiger partial charge < -0.3 is 49.3 Å². The molecule has 0 aromatic heterocycles. The lowest BCUT2D eigenvalue weighted by Crippen LogP contribution is -2.65. The van der Waals surface area contributed by atoms with Crippen molar-refractivity contribution in [1.29, 1.82) is 0 Å². The quantitative estimate of drug-likeness (QED) is 0.0166. The Morgan fingerprint density at radius 1 is 0.562 bits per heavy atom. The summed E-state index contributed by atoms with van der Waals surface area (Å²) in [5, 5.41) is 31.7. The van der Waals surface area contributed by atoms with Gasteiger partial charge in [0.25, 0.3) is 0 Å². The molecule has 380 valence electrons. The van der Waals surface area contributed by atoms with Gasteiger partial charge in [0.05, 0.1) is 6.61 Å². The van der Waals surface area contributed by atoms with Crippen molar-refractivity contribution in [3.05, 3.63) is 0 Å². The zero-order valence-electron chi connectivity index (χ0n) is 35.3. The molecule has 1 aliphatic carbocycles. The first kappa shape index (κ1) is 60.4. The third-order valence-electron chi connectivity index (χ3n) is 8.38. The molecule has 0 saturated heterocycles. The predicted molar refractivity (Wildman–Crippen MR) is 262 cm³/mol. The van der Waals surface area contributed by atoms with Gasteiger partial charge in [0, 0.05) is 30.9 Å². The zero-order valence-corrected chi connectivity index (χ0v) is 38.9. The SMILES string of the molecule is CC#CC#CC#CC#CC#CC#CC#CC(=O)OC[C@H](COP(=O)(O)OC1C(O)[C@H](O)[C@H](OP(=O)(O)O)C(OP(=O)(O)O)[C@@H]1O)OC(=O)CCCCCCCCCCCCCCC.S.[HH].[HH].[HH].[HH].[HH].[HH].[HH].[HH].[HH].[HH].[HH].[HH].[HH]. The normalized spacial score (nSPS) is 20.0. The summed E-state index contributed by atoms with van der Waals surface area (Å²) in [7, 11) is -16.7. The van der Waals surface area contributed by atoms with Crippen LogP contribution in [0.1, 0.15) is 122 Å². The Bertz CT molecular complexity index is 2130. The van der Waals surface area contributed by atoms with Crippen molar-refractivity contribution in [2.75, 3.05) is 13.2 Å². The van der Waals surface area contributed by atoms with Gasteiger partial charge in [-0.3, -0.25) is 22.9 Å². The maximum Gasteiger partial charge on any atom is 0.472 e. The van der Waals surface area contributed by atoms with E-state index in [0.29, 0.717) is 12.8 Å². The van der Waals surface area contributed by atoms with Crippen LogP contribution in [0, 0.1) is 82.9 Å². The zero-order chi connectivity index (χ0) is 47.2. The third-order valence-corrected chi connectivity index (χ3v) is 10.4. The highest BCUT2D eigenvalue weighted by Gasteiger charge is 2.56. The van der Waals surface area contributed by atoms with E-state index >= 15 is 0 Å². The molecule has 1 aliphatic rings. The highest BCUT2D eigenvalue weighted by atomic mass is 32.1. The number of carbonyl (C=O) groups is 2. The molecule has 23 heteroatoms. The van der Waals surface area contributed by atoms with Gasteiger partial charge >= 0.3 is 35.4 Å². The summed E-state index contributed by atoms with van der Waals surface area (Å²) in [6, 6.07) is 0. The van der Waals surface area contributed by atoms with Crippen LogP contribution in [0.15, 0.2) is 0 Å². The van der Waals surface area contributed by atoms with E-state index in [2.05, 4.69) is 92.9 Å². The van der Waals surface area contributed by atoms with Gasteiger partial charge in [-0.2, -0.15) is 13.5 Å². The molecular weight excluding hydrogens is 921 g/mol. The predicted octanol–water partition coefficient (Wildman–Crippen LogP) is 5.83. The number of phosphoric ester groups is 3. The molecule has 1 fully saturated rings. The molecule has 4 unspecified atom stereocenters. The van der Waals surface area contributed by atoms with Crippen LogP contribution in [0.3, 0.4) is 0 Å². The molecular formula is C41H81O19P3S. The monoisotopic (exact) mass is 1000 g/mol. The average molecular weight is 1000 g/mol. The van der Waals surface area contributed by atoms with Crippen LogP contribution < -0.4 is 0 Å². The van der Waals surface area contributed by atoms with Crippen LogP contribution in [0.4, 0.5) is 0 Å². The number of ether oxygens (including phenoxy) is 2. The van der Waals surface area contributed by atoms with Gasteiger partial charge in [-0.25, -0.2) is 18.5 Å². The van der Waals surface area contributed by atoms with E-state index in [9.17, 15) is 63.1 Å². The first-order valence-electron chi connectivity index (χ1n) is 19.8. The molecule has 0 spiro atoms. The molecule has 64 heavy (non-hydrogen) atoms. The summed E-state index contributed by atoms with van der Waals surface area (Å²) in [5.41, 5.74) is 0. The summed E-state index contributed by atoms with van der Waals surface area (Å²) in [6.45, 7) is 1.99. The Hall–Kier alpha value is -3.58. The lowest BCUT2D eigenvalue weighted by Gasteiger charge is -2.44. The van der Waals surface area contributed by atoms with E-state index < -0.39 is 91.3 Å². The fourth-order valence-electron chi connectivity index (χ4n) is 5.52. The van der Waals surface area contributed by atoms with Gasteiger partial charge in [0.1, 0.15) is 43.2 Å². The molecule has 8 atom stereocenters. The van der Waals surface area contributed by atoms with Crippen molar-refractivity contribution in [3.63, 3.8) is 0 Å². The Morgan fingerprint density at radius 3 is 1.42 bits per heavy atom. The second kappa shape index (κ2) is 33.8. The van der Waals surface area contributed by atoms with Crippen molar-refractivity contribution in [2.45, 2.75) is 146 Å². The molecule has 0 bridgehead atoms. The number of carbonyl (C=O) groups excluding carboxylic acids is 2. The van der Waals surface area contributed by atoms with Crippen molar-refractivity contribution < 1.29 is 109 Å². The van der Waals surface area contributed by atoms with Gasteiger partial charge in [-0.1, -0.05) is 89.9 Å². The lowest BCUT2D eigenvalue weighted by atomic mass is 9.85. The Kier molecular flexibility index (Phi) is 31.9. The molecule has 0 amide bonds. The van der Waals surface area contributed by atoms with Crippen molar-refractivity contribution in [1.82, 2.24) is 0 Å².